The van der Waals surface area contributed by atoms with Gasteiger partial charge < -0.3 is 4.98 Å². The molecule has 0 fully saturated rings. The molecule has 5 heteroatoms. The Kier molecular flexibility index (Phi) is 3.48. The van der Waals surface area contributed by atoms with Gasteiger partial charge in [-0.2, -0.15) is 13.2 Å². The molecule has 0 bridgehead atoms. The first kappa shape index (κ1) is 14.4. The predicted molar refractivity (Wildman–Crippen MR) is 77.8 cm³/mol. The molecule has 0 aliphatic heterocycles. The van der Waals surface area contributed by atoms with Crippen molar-refractivity contribution < 1.29 is 18.0 Å². The molecule has 22 heavy (non-hydrogen) atoms. The Labute approximate surface area is 124 Å². The third-order valence-corrected chi connectivity index (χ3v) is 3.52. The zero-order valence-corrected chi connectivity index (χ0v) is 11.4. The summed E-state index contributed by atoms with van der Waals surface area (Å²) in [6.07, 6.45) is -2.71. The van der Waals surface area contributed by atoms with E-state index in [-0.39, 0.29) is 12.2 Å². The van der Waals surface area contributed by atoms with E-state index < -0.39 is 11.7 Å². The van der Waals surface area contributed by atoms with E-state index in [0.29, 0.717) is 16.5 Å². The number of carbonyl (C=O) groups excluding carboxylic acids is 1. The first-order valence-electron chi connectivity index (χ1n) is 6.70. The first-order valence-corrected chi connectivity index (χ1v) is 6.70. The lowest BCUT2D eigenvalue weighted by Crippen LogP contribution is -2.05. The number of Topliss-reactive ketones (excluding diaryl/α,β-unsaturated/α-hetero) is 1. The lowest BCUT2D eigenvalue weighted by atomic mass is 10.0. The maximum absolute atomic E-state index is 12.7. The van der Waals surface area contributed by atoms with Gasteiger partial charge in [0.15, 0.2) is 5.78 Å². The van der Waals surface area contributed by atoms with Crippen molar-refractivity contribution in [1.29, 1.82) is 0 Å². The van der Waals surface area contributed by atoms with Gasteiger partial charge in [-0.15, -0.1) is 0 Å². The van der Waals surface area contributed by atoms with Crippen LogP contribution in [0.1, 0.15) is 21.5 Å². The van der Waals surface area contributed by atoms with E-state index >= 15 is 0 Å². The first-order chi connectivity index (χ1) is 10.4. The second-order valence-corrected chi connectivity index (χ2v) is 5.05. The number of hydrogen-bond acceptors (Lipinski definition) is 1. The molecule has 112 valence electrons. The Morgan fingerprint density at radius 3 is 2.45 bits per heavy atom. The number of rotatable bonds is 3. The number of aromatic amines is 1. The highest BCUT2D eigenvalue weighted by molar-refractivity contribution is 6.08. The molecular formula is C17H12F3NO. The quantitative estimate of drug-likeness (QED) is 0.704. The molecule has 0 amide bonds. The van der Waals surface area contributed by atoms with Crippen LogP contribution in [-0.4, -0.2) is 10.8 Å². The molecule has 1 heterocycles. The zero-order valence-electron chi connectivity index (χ0n) is 11.4. The Balaban J connectivity index is 1.93. The molecule has 3 aromatic rings. The summed E-state index contributed by atoms with van der Waals surface area (Å²) in [5.74, 6) is -0.128. The normalized spacial score (nSPS) is 11.8. The van der Waals surface area contributed by atoms with Crippen LogP contribution in [0.15, 0.2) is 54.7 Å². The minimum absolute atomic E-state index is 0.128. The van der Waals surface area contributed by atoms with Crippen molar-refractivity contribution >= 4 is 16.7 Å². The van der Waals surface area contributed by atoms with Crippen LogP contribution in [0.4, 0.5) is 13.2 Å². The minimum Gasteiger partial charge on any atom is -0.360 e. The highest BCUT2D eigenvalue weighted by Crippen LogP contribution is 2.32. The molecule has 2 aromatic carbocycles. The van der Waals surface area contributed by atoms with Crippen LogP contribution < -0.4 is 0 Å². The highest BCUT2D eigenvalue weighted by Gasteiger charge is 2.30. The van der Waals surface area contributed by atoms with Gasteiger partial charge in [0.25, 0.3) is 0 Å². The summed E-state index contributed by atoms with van der Waals surface area (Å²) in [7, 11) is 0. The fraction of sp³-hybridized carbons (Fsp3) is 0.118. The topological polar surface area (TPSA) is 32.9 Å². The van der Waals surface area contributed by atoms with E-state index in [2.05, 4.69) is 4.98 Å². The van der Waals surface area contributed by atoms with Crippen molar-refractivity contribution in [3.05, 3.63) is 71.4 Å². The summed E-state index contributed by atoms with van der Waals surface area (Å²) in [5.41, 5.74) is 0.858. The lowest BCUT2D eigenvalue weighted by Gasteiger charge is -2.06. The van der Waals surface area contributed by atoms with Crippen molar-refractivity contribution in [2.75, 3.05) is 0 Å². The summed E-state index contributed by atoms with van der Waals surface area (Å²) in [5, 5.41) is 0.508. The molecular weight excluding hydrogens is 291 g/mol. The van der Waals surface area contributed by atoms with Crippen LogP contribution in [0.3, 0.4) is 0 Å². The Morgan fingerprint density at radius 1 is 1.05 bits per heavy atom. The smallest absolute Gasteiger partial charge is 0.360 e. The van der Waals surface area contributed by atoms with E-state index in [0.717, 1.165) is 17.7 Å². The largest absolute Gasteiger partial charge is 0.416 e. The summed E-state index contributed by atoms with van der Waals surface area (Å²) < 4.78 is 38.1. The van der Waals surface area contributed by atoms with Crippen LogP contribution in [0, 0.1) is 0 Å². The number of halogens is 3. The fourth-order valence-electron chi connectivity index (χ4n) is 2.41. The van der Waals surface area contributed by atoms with Crippen molar-refractivity contribution in [2.24, 2.45) is 0 Å². The number of ketones is 1. The maximum atomic E-state index is 12.7. The molecule has 1 N–H and O–H groups in total. The number of hydrogen-bond donors (Lipinski definition) is 1. The summed E-state index contributed by atoms with van der Waals surface area (Å²) in [4.78, 5) is 15.1. The molecule has 0 radical (unpaired) electrons. The van der Waals surface area contributed by atoms with Gasteiger partial charge in [0, 0.05) is 29.1 Å². The van der Waals surface area contributed by atoms with Crippen LogP contribution >= 0.6 is 0 Å². The predicted octanol–water partition coefficient (Wildman–Crippen LogP) is 4.61. The average Bonchev–Trinajstić information content (AvgIpc) is 2.90. The van der Waals surface area contributed by atoms with Gasteiger partial charge in [-0.1, -0.05) is 36.4 Å². The Bertz CT molecular complexity index is 819. The fourth-order valence-corrected chi connectivity index (χ4v) is 2.41. The van der Waals surface area contributed by atoms with Crippen molar-refractivity contribution in [3.63, 3.8) is 0 Å². The number of alkyl halides is 3. The molecule has 0 spiro atoms. The van der Waals surface area contributed by atoms with Crippen molar-refractivity contribution in [3.8, 4) is 0 Å². The van der Waals surface area contributed by atoms with Gasteiger partial charge in [-0.3, -0.25) is 4.79 Å². The van der Waals surface area contributed by atoms with Gasteiger partial charge in [-0.05, 0) is 17.7 Å². The number of benzene rings is 2. The van der Waals surface area contributed by atoms with Crippen molar-refractivity contribution in [1.82, 2.24) is 4.98 Å². The average molecular weight is 303 g/mol. The third kappa shape index (κ3) is 2.74. The molecule has 0 unspecified atom stereocenters. The van der Waals surface area contributed by atoms with Crippen LogP contribution in [-0.2, 0) is 12.6 Å². The standard InChI is InChI=1S/C17H12F3NO/c18-17(19,20)12-6-7-13-14(10-21-15(13)9-12)16(22)8-11-4-2-1-3-5-11/h1-7,9-10,21H,8H2. The molecule has 0 aliphatic carbocycles. The number of fused-ring (bicyclic) bond motifs is 1. The maximum Gasteiger partial charge on any atom is 0.416 e. The molecule has 0 atom stereocenters. The SMILES string of the molecule is O=C(Cc1ccccc1)c1c[nH]c2cc(C(F)(F)F)ccc12. The van der Waals surface area contributed by atoms with Crippen LogP contribution in [0.25, 0.3) is 10.9 Å². The minimum atomic E-state index is -4.40. The van der Waals surface area contributed by atoms with Gasteiger partial charge in [0.05, 0.1) is 5.56 Å². The van der Waals surface area contributed by atoms with E-state index in [9.17, 15) is 18.0 Å². The van der Waals surface area contributed by atoms with Gasteiger partial charge >= 0.3 is 6.18 Å². The number of aromatic nitrogens is 1. The summed E-state index contributed by atoms with van der Waals surface area (Å²) in [6, 6.07) is 12.6. The van der Waals surface area contributed by atoms with Gasteiger partial charge in [0.1, 0.15) is 0 Å². The molecule has 0 aliphatic rings. The second-order valence-electron chi connectivity index (χ2n) is 5.05. The van der Waals surface area contributed by atoms with Gasteiger partial charge in [-0.25, -0.2) is 0 Å². The molecule has 0 saturated carbocycles. The number of carbonyl (C=O) groups is 1. The number of H-pyrrole nitrogens is 1. The Hall–Kier alpha value is -2.56. The summed E-state index contributed by atoms with van der Waals surface area (Å²) in [6.45, 7) is 0. The molecule has 3 rings (SSSR count). The zero-order chi connectivity index (χ0) is 15.7. The van der Waals surface area contributed by atoms with Crippen molar-refractivity contribution in [2.45, 2.75) is 12.6 Å². The number of nitrogens with one attached hydrogen (secondary N) is 1. The van der Waals surface area contributed by atoms with E-state index in [4.69, 9.17) is 0 Å². The highest BCUT2D eigenvalue weighted by atomic mass is 19.4. The van der Waals surface area contributed by atoms with Crippen LogP contribution in [0.2, 0.25) is 0 Å². The third-order valence-electron chi connectivity index (χ3n) is 3.52. The lowest BCUT2D eigenvalue weighted by molar-refractivity contribution is -0.137. The van der Waals surface area contributed by atoms with E-state index in [1.54, 1.807) is 0 Å². The van der Waals surface area contributed by atoms with Gasteiger partial charge in [0.2, 0.25) is 0 Å². The van der Waals surface area contributed by atoms with Crippen LogP contribution in [0.5, 0.6) is 0 Å². The second kappa shape index (κ2) is 5.33. The molecule has 1 aromatic heterocycles. The van der Waals surface area contributed by atoms with E-state index in [1.165, 1.54) is 12.3 Å². The van der Waals surface area contributed by atoms with E-state index in [1.807, 2.05) is 30.3 Å². The summed E-state index contributed by atoms with van der Waals surface area (Å²) >= 11 is 0. The monoisotopic (exact) mass is 303 g/mol. The Morgan fingerprint density at radius 2 is 1.77 bits per heavy atom. The molecule has 2 nitrogen and oxygen atoms in total. The molecule has 0 saturated heterocycles.